The summed E-state index contributed by atoms with van der Waals surface area (Å²) in [5, 5.41) is 0.422. The number of thiophene rings is 2. The van der Waals surface area contributed by atoms with E-state index in [1.54, 1.807) is 0 Å². The fourth-order valence-corrected chi connectivity index (χ4v) is 9.02. The van der Waals surface area contributed by atoms with Crippen molar-refractivity contribution >= 4 is 71.2 Å². The lowest BCUT2D eigenvalue weighted by molar-refractivity contribution is 0.523. The molecule has 2 aliphatic heterocycles. The van der Waals surface area contributed by atoms with Gasteiger partial charge in [-0.1, -0.05) is 0 Å². The molecule has 4 heterocycles. The van der Waals surface area contributed by atoms with Crippen LogP contribution in [0.3, 0.4) is 0 Å². The zero-order valence-corrected chi connectivity index (χ0v) is 20.4. The summed E-state index contributed by atoms with van der Waals surface area (Å²) in [7, 11) is 2.18. The van der Waals surface area contributed by atoms with E-state index < -0.39 is 0 Å². The van der Waals surface area contributed by atoms with Crippen LogP contribution in [0.2, 0.25) is 0 Å². The Labute approximate surface area is 178 Å². The monoisotopic (exact) mass is 515 g/mol. The number of fused-ring (bicyclic) bond motifs is 1. The van der Waals surface area contributed by atoms with Crippen molar-refractivity contribution in [2.75, 3.05) is 13.6 Å². The highest BCUT2D eigenvalue weighted by Crippen LogP contribution is 2.60. The molecule has 0 saturated carbocycles. The Kier molecular flexibility index (Phi) is 4.81. The predicted octanol–water partition coefficient (Wildman–Crippen LogP) is 7.60. The maximum absolute atomic E-state index is 3.74. The lowest BCUT2D eigenvalue weighted by Crippen LogP contribution is -2.07. The summed E-state index contributed by atoms with van der Waals surface area (Å²) in [6.45, 7) is 9.97. The third-order valence-corrected chi connectivity index (χ3v) is 11.5. The Hall–Kier alpha value is -0.0100. The first-order valence-electron chi connectivity index (χ1n) is 8.13. The van der Waals surface area contributed by atoms with Gasteiger partial charge in [-0.3, -0.25) is 0 Å². The Morgan fingerprint density at radius 3 is 2.16 bits per heavy atom. The smallest absolute Gasteiger partial charge is 0.0737 e. The molecule has 132 valence electrons. The van der Waals surface area contributed by atoms with Gasteiger partial charge >= 0.3 is 0 Å². The average molecular weight is 517 g/mol. The van der Waals surface area contributed by atoms with Gasteiger partial charge < -0.3 is 4.90 Å². The highest BCUT2D eigenvalue weighted by atomic mass is 79.9. The molecule has 2 aromatic heterocycles. The van der Waals surface area contributed by atoms with Crippen molar-refractivity contribution in [2.24, 2.45) is 0 Å². The third-order valence-electron chi connectivity index (χ3n) is 5.17. The van der Waals surface area contributed by atoms with Crippen LogP contribution in [-0.2, 0) is 0 Å². The molecule has 2 aliphatic rings. The summed E-state index contributed by atoms with van der Waals surface area (Å²) >= 11 is 13.3. The SMILES string of the molecule is Cc1c(Br)sc(C2=C3CN(C)C=C3C(c3sc(Br)c(C)c3C)S2)c1C. The highest BCUT2D eigenvalue weighted by Gasteiger charge is 2.38. The molecule has 0 radical (unpaired) electrons. The van der Waals surface area contributed by atoms with Crippen molar-refractivity contribution in [2.45, 2.75) is 32.9 Å². The van der Waals surface area contributed by atoms with E-state index in [4.69, 9.17) is 0 Å². The van der Waals surface area contributed by atoms with Crippen LogP contribution < -0.4 is 0 Å². The molecule has 4 rings (SSSR count). The van der Waals surface area contributed by atoms with Crippen molar-refractivity contribution in [3.63, 3.8) is 0 Å². The second-order valence-corrected chi connectivity index (χ2v) is 12.6. The third kappa shape index (κ3) is 2.83. The van der Waals surface area contributed by atoms with Crippen molar-refractivity contribution in [1.82, 2.24) is 4.90 Å². The van der Waals surface area contributed by atoms with E-state index in [2.05, 4.69) is 77.7 Å². The molecule has 1 nitrogen and oxygen atoms in total. The van der Waals surface area contributed by atoms with Gasteiger partial charge in [0.05, 0.1) is 12.8 Å². The van der Waals surface area contributed by atoms with Gasteiger partial charge in [-0.25, -0.2) is 0 Å². The van der Waals surface area contributed by atoms with Crippen molar-refractivity contribution in [1.29, 1.82) is 0 Å². The average Bonchev–Trinajstić information content (AvgIpc) is 3.24. The summed E-state index contributed by atoms with van der Waals surface area (Å²) in [4.78, 5) is 6.75. The van der Waals surface area contributed by atoms with Crippen LogP contribution in [0.5, 0.6) is 0 Å². The first-order chi connectivity index (χ1) is 11.8. The number of rotatable bonds is 2. The van der Waals surface area contributed by atoms with Gasteiger partial charge in [-0.15, -0.1) is 34.4 Å². The van der Waals surface area contributed by atoms with Crippen molar-refractivity contribution in [3.05, 3.63) is 56.9 Å². The normalized spacial score (nSPS) is 19.9. The fourth-order valence-electron chi connectivity index (χ4n) is 3.38. The number of halogens is 2. The van der Waals surface area contributed by atoms with E-state index in [0.29, 0.717) is 5.25 Å². The van der Waals surface area contributed by atoms with Crippen molar-refractivity contribution < 1.29 is 0 Å². The summed E-state index contributed by atoms with van der Waals surface area (Å²) in [5.41, 5.74) is 8.64. The van der Waals surface area contributed by atoms with E-state index >= 15 is 0 Å². The Morgan fingerprint density at radius 1 is 0.960 bits per heavy atom. The zero-order chi connectivity index (χ0) is 18.0. The molecule has 1 atom stereocenters. The molecule has 2 aromatic rings. The van der Waals surface area contributed by atoms with Gasteiger partial charge in [0.15, 0.2) is 0 Å². The molecule has 0 saturated heterocycles. The lowest BCUT2D eigenvalue weighted by atomic mass is 10.0. The molecule has 0 N–H and O–H groups in total. The topological polar surface area (TPSA) is 3.24 Å². The molecule has 25 heavy (non-hydrogen) atoms. The highest BCUT2D eigenvalue weighted by molar-refractivity contribution is 9.11. The number of nitrogens with zero attached hydrogens (tertiary/aromatic N) is 1. The molecule has 0 fully saturated rings. The van der Waals surface area contributed by atoms with Crippen LogP contribution in [0.1, 0.15) is 37.3 Å². The zero-order valence-electron chi connectivity index (χ0n) is 14.8. The molecular formula is C19H19Br2NS3. The first-order valence-corrected chi connectivity index (χ1v) is 12.2. The van der Waals surface area contributed by atoms with Crippen LogP contribution in [-0.4, -0.2) is 18.5 Å². The molecule has 0 aliphatic carbocycles. The van der Waals surface area contributed by atoms with Crippen molar-refractivity contribution in [3.8, 4) is 0 Å². The molecule has 1 unspecified atom stereocenters. The molecule has 0 amide bonds. The second kappa shape index (κ2) is 6.55. The minimum atomic E-state index is 0.422. The quantitative estimate of drug-likeness (QED) is 0.404. The standard InChI is InChI=1S/C19H19Br2NS3/c1-8-10(3)18(20)24-14(8)16-12-6-22(5)7-13(12)17(23-16)15-9(2)11(4)19(21)25-15/h6,16H,7H2,1-5H3. The van der Waals surface area contributed by atoms with Gasteiger partial charge in [0.1, 0.15) is 0 Å². The maximum atomic E-state index is 3.74. The minimum absolute atomic E-state index is 0.422. The second-order valence-electron chi connectivity index (χ2n) is 6.75. The number of thioether (sulfide) groups is 1. The van der Waals surface area contributed by atoms with E-state index in [0.717, 1.165) is 6.54 Å². The van der Waals surface area contributed by atoms with Crippen LogP contribution in [0.4, 0.5) is 0 Å². The van der Waals surface area contributed by atoms with Gasteiger partial charge in [0, 0.05) is 34.5 Å². The van der Waals surface area contributed by atoms with E-state index in [1.165, 1.54) is 55.6 Å². The van der Waals surface area contributed by atoms with Gasteiger partial charge in [-0.2, -0.15) is 0 Å². The molecular weight excluding hydrogens is 498 g/mol. The number of hydrogen-bond donors (Lipinski definition) is 0. The maximum Gasteiger partial charge on any atom is 0.0737 e. The summed E-state index contributed by atoms with van der Waals surface area (Å²) in [6.07, 6.45) is 2.35. The van der Waals surface area contributed by atoms with E-state index in [-0.39, 0.29) is 0 Å². The fraction of sp³-hybridized carbons (Fsp3) is 0.368. The van der Waals surface area contributed by atoms with Crippen LogP contribution in [0.25, 0.3) is 4.91 Å². The Morgan fingerprint density at radius 2 is 1.60 bits per heavy atom. The molecule has 0 bridgehead atoms. The summed E-state index contributed by atoms with van der Waals surface area (Å²) in [6, 6.07) is 0. The summed E-state index contributed by atoms with van der Waals surface area (Å²) < 4.78 is 2.54. The van der Waals surface area contributed by atoms with Gasteiger partial charge in [-0.05, 0) is 93.0 Å². The minimum Gasteiger partial charge on any atom is -0.376 e. The van der Waals surface area contributed by atoms with Crippen LogP contribution in [0.15, 0.2) is 24.9 Å². The van der Waals surface area contributed by atoms with Crippen LogP contribution in [0, 0.1) is 27.7 Å². The van der Waals surface area contributed by atoms with E-state index in [1.807, 2.05) is 34.4 Å². The predicted molar refractivity (Wildman–Crippen MR) is 121 cm³/mol. The molecule has 0 aromatic carbocycles. The van der Waals surface area contributed by atoms with E-state index in [9.17, 15) is 0 Å². The van der Waals surface area contributed by atoms with Gasteiger partial charge in [0.2, 0.25) is 0 Å². The molecule has 0 spiro atoms. The number of hydrogen-bond acceptors (Lipinski definition) is 4. The van der Waals surface area contributed by atoms with Gasteiger partial charge in [0.25, 0.3) is 0 Å². The number of likely N-dealkylation sites (N-methyl/N-ethyl adjacent to an activating group) is 1. The van der Waals surface area contributed by atoms with Crippen LogP contribution >= 0.6 is 66.3 Å². The molecule has 6 heteroatoms. The first kappa shape index (κ1) is 18.4. The Bertz CT molecular complexity index is 949. The summed E-state index contributed by atoms with van der Waals surface area (Å²) in [5.74, 6) is 0. The largest absolute Gasteiger partial charge is 0.376 e. The Balaban J connectivity index is 1.84. The lowest BCUT2D eigenvalue weighted by Gasteiger charge is -2.13.